The van der Waals surface area contributed by atoms with Crippen molar-refractivity contribution in [3.8, 4) is 11.5 Å². The molecule has 2 aromatic rings. The van der Waals surface area contributed by atoms with Gasteiger partial charge in [0.05, 0.1) is 38.1 Å². The maximum Gasteiger partial charge on any atom is 0.305 e. The molecule has 0 fully saturated rings. The number of methoxy groups -OCH3 is 2. The molecule has 2 amide bonds. The summed E-state index contributed by atoms with van der Waals surface area (Å²) in [6, 6.07) is 7.45. The van der Waals surface area contributed by atoms with Crippen molar-refractivity contribution in [2.24, 2.45) is 0 Å². The van der Waals surface area contributed by atoms with E-state index in [4.69, 9.17) is 9.47 Å². The van der Waals surface area contributed by atoms with Crippen LogP contribution in [0.25, 0.3) is 0 Å². The molecule has 27 heavy (non-hydrogen) atoms. The van der Waals surface area contributed by atoms with Gasteiger partial charge < -0.3 is 25.2 Å². The average molecular weight is 392 g/mol. The van der Waals surface area contributed by atoms with Crippen LogP contribution in [0.1, 0.15) is 27.7 Å². The van der Waals surface area contributed by atoms with Crippen LogP contribution in [0.4, 0.5) is 0 Å². The Morgan fingerprint density at radius 2 is 1.96 bits per heavy atom. The first kappa shape index (κ1) is 20.2. The van der Waals surface area contributed by atoms with Gasteiger partial charge >= 0.3 is 5.97 Å². The van der Waals surface area contributed by atoms with Gasteiger partial charge in [-0.25, -0.2) is 0 Å². The zero-order chi connectivity index (χ0) is 19.8. The Balaban J connectivity index is 2.08. The minimum absolute atomic E-state index is 0.272. The summed E-state index contributed by atoms with van der Waals surface area (Å²) < 4.78 is 10.4. The monoisotopic (exact) mass is 392 g/mol. The summed E-state index contributed by atoms with van der Waals surface area (Å²) in [6.45, 7) is -0.272. The third kappa shape index (κ3) is 5.71. The molecule has 3 N–H and O–H groups in total. The van der Waals surface area contributed by atoms with E-state index in [1.807, 2.05) is 0 Å². The number of carbonyl (C=O) groups is 3. The van der Waals surface area contributed by atoms with Crippen LogP contribution in [0.2, 0.25) is 0 Å². The maximum atomic E-state index is 12.2. The molecule has 0 aliphatic heterocycles. The van der Waals surface area contributed by atoms with Crippen LogP contribution in [-0.2, 0) is 9.59 Å². The summed E-state index contributed by atoms with van der Waals surface area (Å²) >= 11 is 1.26. The zero-order valence-electron chi connectivity index (χ0n) is 14.9. The smallest absolute Gasteiger partial charge is 0.305 e. The van der Waals surface area contributed by atoms with Gasteiger partial charge in [-0.3, -0.25) is 14.4 Å². The van der Waals surface area contributed by atoms with Crippen LogP contribution < -0.4 is 20.1 Å². The van der Waals surface area contributed by atoms with E-state index in [-0.39, 0.29) is 18.9 Å². The number of amides is 2. The lowest BCUT2D eigenvalue weighted by molar-refractivity contribution is -0.137. The number of thiophene rings is 1. The van der Waals surface area contributed by atoms with Gasteiger partial charge in [0.15, 0.2) is 0 Å². The standard InChI is InChI=1S/C18H20N2O6S/c1-25-11-5-6-12(14(8-11)26-2)13(9-17(22)23)20-16(21)10-19-18(24)15-4-3-7-27-15/h3-8,13H,9-10H2,1-2H3,(H,19,24)(H,20,21)(H,22,23). The molecule has 1 atom stereocenters. The molecule has 0 radical (unpaired) electrons. The number of aliphatic carboxylic acids is 1. The van der Waals surface area contributed by atoms with Crippen molar-refractivity contribution in [3.05, 3.63) is 46.2 Å². The van der Waals surface area contributed by atoms with E-state index >= 15 is 0 Å². The van der Waals surface area contributed by atoms with Crippen molar-refractivity contribution >= 4 is 29.1 Å². The van der Waals surface area contributed by atoms with Crippen molar-refractivity contribution in [2.75, 3.05) is 20.8 Å². The molecule has 0 aliphatic carbocycles. The number of carbonyl (C=O) groups excluding carboxylic acids is 2. The molecule has 0 saturated carbocycles. The summed E-state index contributed by atoms with van der Waals surface area (Å²) in [6.07, 6.45) is -0.340. The minimum Gasteiger partial charge on any atom is -0.497 e. The lowest BCUT2D eigenvalue weighted by Crippen LogP contribution is -2.39. The Bertz CT molecular complexity index is 806. The summed E-state index contributed by atoms with van der Waals surface area (Å²) in [4.78, 5) is 35.8. The zero-order valence-corrected chi connectivity index (χ0v) is 15.7. The maximum absolute atomic E-state index is 12.2. The Morgan fingerprint density at radius 1 is 1.19 bits per heavy atom. The fraction of sp³-hybridized carbons (Fsp3) is 0.278. The number of carboxylic acids is 1. The van der Waals surface area contributed by atoms with Gasteiger partial charge in [-0.15, -0.1) is 11.3 Å². The van der Waals surface area contributed by atoms with E-state index < -0.39 is 17.9 Å². The van der Waals surface area contributed by atoms with Crippen LogP contribution in [0.15, 0.2) is 35.7 Å². The van der Waals surface area contributed by atoms with Crippen molar-refractivity contribution in [1.29, 1.82) is 0 Å². The molecule has 1 heterocycles. The largest absolute Gasteiger partial charge is 0.497 e. The van der Waals surface area contributed by atoms with Gasteiger partial charge in [-0.2, -0.15) is 0 Å². The van der Waals surface area contributed by atoms with Crippen molar-refractivity contribution in [3.63, 3.8) is 0 Å². The van der Waals surface area contributed by atoms with Gasteiger partial charge in [0.25, 0.3) is 5.91 Å². The van der Waals surface area contributed by atoms with Gasteiger partial charge in [-0.05, 0) is 23.6 Å². The quantitative estimate of drug-likeness (QED) is 0.600. The molecule has 0 spiro atoms. The Morgan fingerprint density at radius 3 is 2.56 bits per heavy atom. The molecule has 9 heteroatoms. The highest BCUT2D eigenvalue weighted by Gasteiger charge is 2.22. The molecule has 8 nitrogen and oxygen atoms in total. The van der Waals surface area contributed by atoms with Crippen LogP contribution in [0, 0.1) is 0 Å². The molecular weight excluding hydrogens is 372 g/mol. The molecule has 1 aromatic carbocycles. The minimum atomic E-state index is -1.08. The molecule has 0 saturated heterocycles. The predicted molar refractivity (Wildman–Crippen MR) is 99.3 cm³/mol. The first-order valence-corrected chi connectivity index (χ1v) is 8.87. The molecule has 0 bridgehead atoms. The van der Waals surface area contributed by atoms with Gasteiger partial charge in [0, 0.05) is 11.6 Å². The van der Waals surface area contributed by atoms with Crippen molar-refractivity contribution < 1.29 is 29.0 Å². The lowest BCUT2D eigenvalue weighted by Gasteiger charge is -2.20. The third-order valence-electron chi connectivity index (χ3n) is 3.68. The number of nitrogens with one attached hydrogen (secondary N) is 2. The number of hydrogen-bond donors (Lipinski definition) is 3. The van der Waals surface area contributed by atoms with Gasteiger partial charge in [0.2, 0.25) is 5.91 Å². The topological polar surface area (TPSA) is 114 Å². The molecule has 1 aromatic heterocycles. The summed E-state index contributed by atoms with van der Waals surface area (Å²) in [7, 11) is 2.94. The highest BCUT2D eigenvalue weighted by atomic mass is 32.1. The number of ether oxygens (including phenoxy) is 2. The van der Waals surface area contributed by atoms with Gasteiger partial charge in [0.1, 0.15) is 11.5 Å². The van der Waals surface area contributed by atoms with E-state index in [1.54, 1.807) is 35.7 Å². The van der Waals surface area contributed by atoms with E-state index in [1.165, 1.54) is 25.6 Å². The SMILES string of the molecule is COc1ccc(C(CC(=O)O)NC(=O)CNC(=O)c2cccs2)c(OC)c1. The normalized spacial score (nSPS) is 11.3. The number of hydrogen-bond acceptors (Lipinski definition) is 6. The summed E-state index contributed by atoms with van der Waals surface area (Å²) in [5, 5.41) is 16.1. The first-order valence-electron chi connectivity index (χ1n) is 7.99. The van der Waals surface area contributed by atoms with E-state index in [2.05, 4.69) is 10.6 Å². The van der Waals surface area contributed by atoms with Crippen LogP contribution in [0.3, 0.4) is 0 Å². The highest BCUT2D eigenvalue weighted by molar-refractivity contribution is 7.12. The molecular formula is C18H20N2O6S. The van der Waals surface area contributed by atoms with Gasteiger partial charge in [-0.1, -0.05) is 6.07 Å². The Kier molecular flexibility index (Phi) is 7.18. The fourth-order valence-corrected chi connectivity index (χ4v) is 3.06. The summed E-state index contributed by atoms with van der Waals surface area (Å²) in [5.41, 5.74) is 0.499. The van der Waals surface area contributed by atoms with E-state index in [0.29, 0.717) is 21.9 Å². The number of benzene rings is 1. The fourth-order valence-electron chi connectivity index (χ4n) is 2.42. The van der Waals surface area contributed by atoms with Crippen molar-refractivity contribution in [1.82, 2.24) is 10.6 Å². The Hall–Kier alpha value is -3.07. The average Bonchev–Trinajstić information content (AvgIpc) is 3.19. The number of carboxylic acid groups (broad SMARTS) is 1. The second kappa shape index (κ2) is 9.58. The van der Waals surface area contributed by atoms with Crippen molar-refractivity contribution in [2.45, 2.75) is 12.5 Å². The predicted octanol–water partition coefficient (Wildman–Crippen LogP) is 1.83. The first-order chi connectivity index (χ1) is 12.9. The van der Waals surface area contributed by atoms with Crippen LogP contribution in [0.5, 0.6) is 11.5 Å². The van der Waals surface area contributed by atoms with Crippen LogP contribution >= 0.6 is 11.3 Å². The molecule has 2 rings (SSSR count). The third-order valence-corrected chi connectivity index (χ3v) is 4.55. The van der Waals surface area contributed by atoms with Crippen LogP contribution in [-0.4, -0.2) is 43.7 Å². The summed E-state index contributed by atoms with van der Waals surface area (Å²) in [5.74, 6) is -1.02. The highest BCUT2D eigenvalue weighted by Crippen LogP contribution is 2.31. The molecule has 0 aliphatic rings. The second-order valence-electron chi connectivity index (χ2n) is 5.49. The molecule has 1 unspecified atom stereocenters. The van der Waals surface area contributed by atoms with E-state index in [9.17, 15) is 19.5 Å². The Labute approximate surface area is 160 Å². The second-order valence-corrected chi connectivity index (χ2v) is 6.43. The van der Waals surface area contributed by atoms with E-state index in [0.717, 1.165) is 0 Å². The lowest BCUT2D eigenvalue weighted by atomic mass is 10.0. The number of rotatable bonds is 9. The molecule has 144 valence electrons.